The maximum atomic E-state index is 12.6. The van der Waals surface area contributed by atoms with E-state index in [1.807, 2.05) is 39.5 Å². The Labute approximate surface area is 139 Å². The highest BCUT2D eigenvalue weighted by Crippen LogP contribution is 2.32. The van der Waals surface area contributed by atoms with Gasteiger partial charge in [0.05, 0.1) is 4.47 Å². The molecular weight excluding hydrogens is 442 g/mol. The molecule has 19 heavy (non-hydrogen) atoms. The summed E-state index contributed by atoms with van der Waals surface area (Å²) in [4.78, 5) is 14.5. The molecule has 0 bridgehead atoms. The maximum Gasteiger partial charge on any atom is 0.247 e. The van der Waals surface area contributed by atoms with Crippen LogP contribution in [0.5, 0.6) is 0 Å². The molecule has 1 rings (SSSR count). The molecule has 108 valence electrons. The van der Waals surface area contributed by atoms with Gasteiger partial charge < -0.3 is 4.90 Å². The monoisotopic (exact) mass is 457 g/mol. The number of carbonyl (C=O) groups excluding carboxylic acids is 1. The summed E-state index contributed by atoms with van der Waals surface area (Å²) in [5, 5.41) is 4.32. The Bertz CT molecular complexity index is 463. The molecule has 0 aliphatic rings. The van der Waals surface area contributed by atoms with Crippen molar-refractivity contribution >= 4 is 53.7 Å². The van der Waals surface area contributed by atoms with E-state index in [0.717, 1.165) is 9.08 Å². The second kappa shape index (κ2) is 6.72. The fourth-order valence-electron chi connectivity index (χ4n) is 2.05. The Hall–Kier alpha value is 0.120. The van der Waals surface area contributed by atoms with Crippen LogP contribution in [0.25, 0.3) is 0 Å². The van der Waals surface area contributed by atoms with Crippen molar-refractivity contribution in [3.63, 3.8) is 0 Å². The number of carbonyl (C=O) groups is 1. The van der Waals surface area contributed by atoms with Gasteiger partial charge >= 0.3 is 0 Å². The molecule has 1 atom stereocenters. The predicted octanol–water partition coefficient (Wildman–Crippen LogP) is 4.38. The first kappa shape index (κ1) is 17.2. The predicted molar refractivity (Wildman–Crippen MR) is 87.2 cm³/mol. The van der Waals surface area contributed by atoms with Crippen molar-refractivity contribution < 1.29 is 4.79 Å². The molecule has 4 nitrogen and oxygen atoms in total. The highest BCUT2D eigenvalue weighted by atomic mass is 79.9. The van der Waals surface area contributed by atoms with Crippen molar-refractivity contribution in [2.45, 2.75) is 52.7 Å². The zero-order chi connectivity index (χ0) is 14.9. The SMILES string of the molecule is CC(C)N(C(=O)C(C)n1nc(Br)c(Br)c1Br)C(C)C. The molecule has 0 radical (unpaired) electrons. The third kappa shape index (κ3) is 3.61. The van der Waals surface area contributed by atoms with Gasteiger partial charge in [-0.2, -0.15) is 5.10 Å². The molecule has 1 aromatic rings. The minimum atomic E-state index is -0.359. The number of halogens is 3. The lowest BCUT2D eigenvalue weighted by Gasteiger charge is -2.33. The Morgan fingerprint density at radius 3 is 1.89 bits per heavy atom. The van der Waals surface area contributed by atoms with E-state index in [1.54, 1.807) is 4.68 Å². The molecule has 0 aliphatic carbocycles. The smallest absolute Gasteiger partial charge is 0.247 e. The molecule has 0 fully saturated rings. The fraction of sp³-hybridized carbons (Fsp3) is 0.667. The van der Waals surface area contributed by atoms with Crippen molar-refractivity contribution in [3.8, 4) is 0 Å². The van der Waals surface area contributed by atoms with Crippen LogP contribution in [0.2, 0.25) is 0 Å². The summed E-state index contributed by atoms with van der Waals surface area (Å²) in [6.45, 7) is 9.95. The van der Waals surface area contributed by atoms with E-state index < -0.39 is 0 Å². The zero-order valence-electron chi connectivity index (χ0n) is 11.6. The first-order chi connectivity index (χ1) is 8.68. The summed E-state index contributed by atoms with van der Waals surface area (Å²) in [5.41, 5.74) is 0. The van der Waals surface area contributed by atoms with Crippen molar-refractivity contribution in [3.05, 3.63) is 13.7 Å². The van der Waals surface area contributed by atoms with E-state index in [9.17, 15) is 4.79 Å². The lowest BCUT2D eigenvalue weighted by Crippen LogP contribution is -2.45. The molecule has 0 aliphatic heterocycles. The zero-order valence-corrected chi connectivity index (χ0v) is 16.4. The van der Waals surface area contributed by atoms with Crippen molar-refractivity contribution in [1.29, 1.82) is 0 Å². The third-order valence-electron chi connectivity index (χ3n) is 2.85. The van der Waals surface area contributed by atoms with Gasteiger partial charge in [0.15, 0.2) is 0 Å². The molecule has 0 spiro atoms. The number of amides is 1. The van der Waals surface area contributed by atoms with Crippen LogP contribution in [0, 0.1) is 0 Å². The summed E-state index contributed by atoms with van der Waals surface area (Å²) in [7, 11) is 0. The molecule has 7 heteroatoms. The number of rotatable bonds is 4. The van der Waals surface area contributed by atoms with Gasteiger partial charge in [0.2, 0.25) is 5.91 Å². The summed E-state index contributed by atoms with van der Waals surface area (Å²) >= 11 is 10.2. The molecule has 1 heterocycles. The first-order valence-electron chi connectivity index (χ1n) is 6.09. The van der Waals surface area contributed by atoms with Crippen LogP contribution in [0.15, 0.2) is 13.7 Å². The van der Waals surface area contributed by atoms with E-state index in [1.165, 1.54) is 0 Å². The van der Waals surface area contributed by atoms with Crippen LogP contribution in [0.4, 0.5) is 0 Å². The fourth-order valence-corrected chi connectivity index (χ4v) is 3.51. The standard InChI is InChI=1S/C12H18Br3N3O/c1-6(2)17(7(3)4)12(19)8(5)18-11(15)9(13)10(14)16-18/h6-8H,1-5H3. The van der Waals surface area contributed by atoms with Crippen LogP contribution >= 0.6 is 47.8 Å². The minimum Gasteiger partial charge on any atom is -0.336 e. The van der Waals surface area contributed by atoms with Crippen LogP contribution in [0.3, 0.4) is 0 Å². The topological polar surface area (TPSA) is 38.1 Å². The normalized spacial score (nSPS) is 13.2. The van der Waals surface area contributed by atoms with Crippen molar-refractivity contribution in [2.75, 3.05) is 0 Å². The van der Waals surface area contributed by atoms with Gasteiger partial charge in [-0.25, -0.2) is 4.68 Å². The Kier molecular flexibility index (Phi) is 6.07. The van der Waals surface area contributed by atoms with E-state index in [0.29, 0.717) is 4.60 Å². The van der Waals surface area contributed by atoms with E-state index >= 15 is 0 Å². The van der Waals surface area contributed by atoms with Gasteiger partial charge in [-0.05, 0) is 82.4 Å². The molecule has 1 amide bonds. The Balaban J connectivity index is 3.08. The number of hydrogen-bond donors (Lipinski definition) is 0. The van der Waals surface area contributed by atoms with E-state index in [2.05, 4.69) is 52.9 Å². The molecule has 0 aromatic carbocycles. The minimum absolute atomic E-state index is 0.0631. The summed E-state index contributed by atoms with van der Waals surface area (Å²) in [5.74, 6) is 0.0631. The summed E-state index contributed by atoms with van der Waals surface area (Å²) in [6.07, 6.45) is 0. The molecule has 1 unspecified atom stereocenters. The number of nitrogens with zero attached hydrogens (tertiary/aromatic N) is 3. The lowest BCUT2D eigenvalue weighted by atomic mass is 10.2. The van der Waals surface area contributed by atoms with Gasteiger partial charge in [0, 0.05) is 12.1 Å². The Morgan fingerprint density at radius 2 is 1.58 bits per heavy atom. The maximum absolute atomic E-state index is 12.6. The molecular formula is C12H18Br3N3O. The van der Waals surface area contributed by atoms with Gasteiger partial charge in [-0.1, -0.05) is 0 Å². The van der Waals surface area contributed by atoms with Gasteiger partial charge in [-0.15, -0.1) is 0 Å². The quantitative estimate of drug-likeness (QED) is 0.670. The van der Waals surface area contributed by atoms with Crippen LogP contribution in [-0.2, 0) is 4.79 Å². The second-order valence-corrected chi connectivity index (χ2v) is 7.24. The van der Waals surface area contributed by atoms with E-state index in [-0.39, 0.29) is 24.0 Å². The van der Waals surface area contributed by atoms with Crippen molar-refractivity contribution in [2.24, 2.45) is 0 Å². The lowest BCUT2D eigenvalue weighted by molar-refractivity contribution is -0.138. The first-order valence-corrected chi connectivity index (χ1v) is 8.47. The number of aromatic nitrogens is 2. The third-order valence-corrected chi connectivity index (χ3v) is 5.98. The molecule has 0 N–H and O–H groups in total. The molecule has 0 saturated heterocycles. The van der Waals surface area contributed by atoms with Crippen molar-refractivity contribution in [1.82, 2.24) is 14.7 Å². The molecule has 1 aromatic heterocycles. The van der Waals surface area contributed by atoms with Gasteiger partial charge in [0.1, 0.15) is 15.2 Å². The van der Waals surface area contributed by atoms with Gasteiger partial charge in [-0.3, -0.25) is 4.79 Å². The van der Waals surface area contributed by atoms with Gasteiger partial charge in [0.25, 0.3) is 0 Å². The average Bonchev–Trinajstić information content (AvgIpc) is 2.55. The average molecular weight is 460 g/mol. The summed E-state index contributed by atoms with van der Waals surface area (Å²) < 4.78 is 3.93. The van der Waals surface area contributed by atoms with Crippen LogP contribution < -0.4 is 0 Å². The van der Waals surface area contributed by atoms with Crippen LogP contribution in [-0.4, -0.2) is 32.7 Å². The number of hydrogen-bond acceptors (Lipinski definition) is 2. The highest BCUT2D eigenvalue weighted by molar-refractivity contribution is 9.14. The largest absolute Gasteiger partial charge is 0.336 e. The molecule has 0 saturated carbocycles. The highest BCUT2D eigenvalue weighted by Gasteiger charge is 2.28. The van der Waals surface area contributed by atoms with Crippen LogP contribution in [0.1, 0.15) is 40.7 Å². The summed E-state index contributed by atoms with van der Waals surface area (Å²) in [6, 6.07) is -0.0332. The second-order valence-electron chi connectivity index (χ2n) is 4.95. The Morgan fingerprint density at radius 1 is 1.11 bits per heavy atom. The van der Waals surface area contributed by atoms with E-state index in [4.69, 9.17) is 0 Å².